The maximum absolute atomic E-state index is 13.6. The van der Waals surface area contributed by atoms with Crippen molar-refractivity contribution in [3.8, 4) is 0 Å². The maximum atomic E-state index is 13.6. The van der Waals surface area contributed by atoms with E-state index in [4.69, 9.17) is 0 Å². The highest BCUT2D eigenvalue weighted by Crippen LogP contribution is 2.21. The van der Waals surface area contributed by atoms with Crippen LogP contribution in [0.5, 0.6) is 0 Å². The molecule has 0 aliphatic rings. The first-order valence-electron chi connectivity index (χ1n) is 5.77. The van der Waals surface area contributed by atoms with Gasteiger partial charge in [0.2, 0.25) is 5.91 Å². The molecule has 2 aromatic rings. The van der Waals surface area contributed by atoms with Crippen LogP contribution in [0.4, 0.5) is 4.39 Å². The Bertz CT molecular complexity index is 649. The summed E-state index contributed by atoms with van der Waals surface area (Å²) >= 11 is 0. The number of carbonyl (C=O) groups is 2. The second kappa shape index (κ2) is 5.09. The molecule has 0 aliphatic carbocycles. The number of aryl methyl sites for hydroxylation is 1. The Morgan fingerprint density at radius 1 is 1.37 bits per heavy atom. The summed E-state index contributed by atoms with van der Waals surface area (Å²) < 4.78 is 15.2. The summed E-state index contributed by atoms with van der Waals surface area (Å²) in [5.41, 5.74) is 0.939. The normalized spacial score (nSPS) is 10.5. The first-order chi connectivity index (χ1) is 9.04. The van der Waals surface area contributed by atoms with Gasteiger partial charge in [-0.15, -0.1) is 0 Å². The van der Waals surface area contributed by atoms with Crippen LogP contribution in [0.3, 0.4) is 0 Å². The van der Waals surface area contributed by atoms with Crippen LogP contribution in [0.25, 0.3) is 10.9 Å². The van der Waals surface area contributed by atoms with Crippen molar-refractivity contribution >= 4 is 22.7 Å². The molecule has 0 aliphatic heterocycles. The van der Waals surface area contributed by atoms with Crippen LogP contribution < -0.4 is 10.6 Å². The standard InChI is InChI=1S/C13H14FN3O2/c1-15-12(18)7-16-13(19)11-6-8-9(14)4-3-5-10(8)17(11)2/h3-6H,7H2,1-2H3,(H,15,18)(H,16,19). The molecule has 0 saturated heterocycles. The number of nitrogens with one attached hydrogen (secondary N) is 2. The van der Waals surface area contributed by atoms with Gasteiger partial charge in [0.1, 0.15) is 11.5 Å². The highest BCUT2D eigenvalue weighted by Gasteiger charge is 2.15. The Kier molecular flexibility index (Phi) is 3.50. The second-order valence-corrected chi connectivity index (χ2v) is 4.12. The minimum Gasteiger partial charge on any atom is -0.358 e. The molecule has 0 spiro atoms. The van der Waals surface area contributed by atoms with E-state index < -0.39 is 5.91 Å². The summed E-state index contributed by atoms with van der Waals surface area (Å²) in [6.07, 6.45) is 0. The zero-order chi connectivity index (χ0) is 14.0. The monoisotopic (exact) mass is 263 g/mol. The van der Waals surface area contributed by atoms with E-state index in [1.807, 2.05) is 0 Å². The minimum absolute atomic E-state index is 0.112. The number of carbonyl (C=O) groups excluding carboxylic acids is 2. The van der Waals surface area contributed by atoms with E-state index in [1.165, 1.54) is 19.2 Å². The van der Waals surface area contributed by atoms with Crippen LogP contribution in [0.1, 0.15) is 10.5 Å². The van der Waals surface area contributed by atoms with E-state index in [9.17, 15) is 14.0 Å². The molecule has 5 nitrogen and oxygen atoms in total. The summed E-state index contributed by atoms with van der Waals surface area (Å²) in [6.45, 7) is -0.112. The van der Waals surface area contributed by atoms with Crippen molar-refractivity contribution in [3.05, 3.63) is 35.8 Å². The first kappa shape index (κ1) is 13.1. The number of hydrogen-bond donors (Lipinski definition) is 2. The van der Waals surface area contributed by atoms with Gasteiger partial charge in [0.25, 0.3) is 5.91 Å². The van der Waals surface area contributed by atoms with Crippen molar-refractivity contribution in [3.63, 3.8) is 0 Å². The third-order valence-corrected chi connectivity index (χ3v) is 2.95. The Morgan fingerprint density at radius 2 is 2.11 bits per heavy atom. The molecule has 2 rings (SSSR count). The van der Waals surface area contributed by atoms with Gasteiger partial charge in [-0.25, -0.2) is 4.39 Å². The first-order valence-corrected chi connectivity index (χ1v) is 5.77. The van der Waals surface area contributed by atoms with Crippen LogP contribution >= 0.6 is 0 Å². The van der Waals surface area contributed by atoms with Crippen molar-refractivity contribution in [1.82, 2.24) is 15.2 Å². The molecule has 1 aromatic carbocycles. The molecule has 2 amide bonds. The van der Waals surface area contributed by atoms with Crippen molar-refractivity contribution in [2.45, 2.75) is 0 Å². The third kappa shape index (κ3) is 2.42. The minimum atomic E-state index is -0.415. The largest absolute Gasteiger partial charge is 0.358 e. The number of nitrogens with zero attached hydrogens (tertiary/aromatic N) is 1. The molecular weight excluding hydrogens is 249 g/mol. The molecule has 0 saturated carbocycles. The van der Waals surface area contributed by atoms with E-state index in [1.54, 1.807) is 23.7 Å². The lowest BCUT2D eigenvalue weighted by atomic mass is 10.2. The number of rotatable bonds is 3. The molecule has 0 bridgehead atoms. The summed E-state index contributed by atoms with van der Waals surface area (Å²) in [7, 11) is 3.16. The number of fused-ring (bicyclic) bond motifs is 1. The van der Waals surface area contributed by atoms with Crippen LogP contribution in [0.15, 0.2) is 24.3 Å². The average molecular weight is 263 g/mol. The smallest absolute Gasteiger partial charge is 0.268 e. The Balaban J connectivity index is 2.30. The quantitative estimate of drug-likeness (QED) is 0.860. The molecule has 0 fully saturated rings. The fourth-order valence-corrected chi connectivity index (χ4v) is 1.88. The van der Waals surface area contributed by atoms with Gasteiger partial charge in [0.15, 0.2) is 0 Å². The van der Waals surface area contributed by atoms with Crippen molar-refractivity contribution < 1.29 is 14.0 Å². The van der Waals surface area contributed by atoms with Gasteiger partial charge in [-0.1, -0.05) is 6.07 Å². The van der Waals surface area contributed by atoms with Crippen LogP contribution in [-0.4, -0.2) is 30.0 Å². The molecule has 6 heteroatoms. The highest BCUT2D eigenvalue weighted by atomic mass is 19.1. The lowest BCUT2D eigenvalue weighted by molar-refractivity contribution is -0.119. The zero-order valence-corrected chi connectivity index (χ0v) is 10.7. The lowest BCUT2D eigenvalue weighted by Gasteiger charge is -2.05. The topological polar surface area (TPSA) is 63.1 Å². The number of likely N-dealkylation sites (N-methyl/N-ethyl adjacent to an activating group) is 1. The van der Waals surface area contributed by atoms with Gasteiger partial charge in [0, 0.05) is 19.5 Å². The number of benzene rings is 1. The lowest BCUT2D eigenvalue weighted by Crippen LogP contribution is -2.35. The van der Waals surface area contributed by atoms with E-state index >= 15 is 0 Å². The number of amides is 2. The van der Waals surface area contributed by atoms with Crippen molar-refractivity contribution in [1.29, 1.82) is 0 Å². The molecule has 1 heterocycles. The van der Waals surface area contributed by atoms with E-state index in [0.717, 1.165) is 0 Å². The Labute approximate surface area is 109 Å². The van der Waals surface area contributed by atoms with E-state index in [2.05, 4.69) is 10.6 Å². The Morgan fingerprint density at radius 3 is 2.74 bits per heavy atom. The van der Waals surface area contributed by atoms with E-state index in [0.29, 0.717) is 16.6 Å². The number of hydrogen-bond acceptors (Lipinski definition) is 2. The van der Waals surface area contributed by atoms with Crippen molar-refractivity contribution in [2.75, 3.05) is 13.6 Å². The maximum Gasteiger partial charge on any atom is 0.268 e. The summed E-state index contributed by atoms with van der Waals surface area (Å²) in [6, 6.07) is 6.14. The fraction of sp³-hybridized carbons (Fsp3) is 0.231. The summed E-state index contributed by atoms with van der Waals surface area (Å²) in [5, 5.41) is 5.26. The molecule has 2 N–H and O–H groups in total. The molecule has 100 valence electrons. The van der Waals surface area contributed by atoms with Gasteiger partial charge in [-0.05, 0) is 18.2 Å². The van der Waals surface area contributed by atoms with Gasteiger partial charge in [-0.2, -0.15) is 0 Å². The van der Waals surface area contributed by atoms with Crippen LogP contribution in [-0.2, 0) is 11.8 Å². The second-order valence-electron chi connectivity index (χ2n) is 4.12. The van der Waals surface area contributed by atoms with Gasteiger partial charge < -0.3 is 15.2 Å². The fourth-order valence-electron chi connectivity index (χ4n) is 1.88. The third-order valence-electron chi connectivity index (χ3n) is 2.95. The molecule has 1 aromatic heterocycles. The molecule has 0 radical (unpaired) electrons. The predicted octanol–water partition coefficient (Wildman–Crippen LogP) is 0.793. The van der Waals surface area contributed by atoms with Crippen LogP contribution in [0.2, 0.25) is 0 Å². The summed E-state index contributed by atoms with van der Waals surface area (Å²) in [5.74, 6) is -1.08. The molecule has 0 unspecified atom stereocenters. The van der Waals surface area contributed by atoms with Gasteiger partial charge in [-0.3, -0.25) is 9.59 Å². The SMILES string of the molecule is CNC(=O)CNC(=O)c1cc2c(F)cccc2n1C. The Hall–Kier alpha value is -2.37. The van der Waals surface area contributed by atoms with Gasteiger partial charge >= 0.3 is 0 Å². The molecular formula is C13H14FN3O2. The van der Waals surface area contributed by atoms with Crippen LogP contribution in [0, 0.1) is 5.82 Å². The number of aromatic nitrogens is 1. The number of halogens is 1. The predicted molar refractivity (Wildman–Crippen MR) is 69.3 cm³/mol. The molecule has 0 atom stereocenters. The average Bonchev–Trinajstić information content (AvgIpc) is 2.75. The van der Waals surface area contributed by atoms with Gasteiger partial charge in [0.05, 0.1) is 12.1 Å². The van der Waals surface area contributed by atoms with E-state index in [-0.39, 0.29) is 18.3 Å². The summed E-state index contributed by atoms with van der Waals surface area (Å²) in [4.78, 5) is 23.0. The van der Waals surface area contributed by atoms with Crippen molar-refractivity contribution in [2.24, 2.45) is 7.05 Å². The molecule has 19 heavy (non-hydrogen) atoms. The zero-order valence-electron chi connectivity index (χ0n) is 10.7. The highest BCUT2D eigenvalue weighted by molar-refractivity contribution is 6.00.